The summed E-state index contributed by atoms with van der Waals surface area (Å²) in [7, 11) is 0. The van der Waals surface area contributed by atoms with Crippen LogP contribution in [0.15, 0.2) is 24.3 Å². The molecule has 0 spiro atoms. The van der Waals surface area contributed by atoms with E-state index in [0.717, 1.165) is 30.5 Å². The summed E-state index contributed by atoms with van der Waals surface area (Å²) in [5.74, 6) is 0.402. The highest BCUT2D eigenvalue weighted by Crippen LogP contribution is 2.33. The lowest BCUT2D eigenvalue weighted by molar-refractivity contribution is -0.124. The third-order valence-corrected chi connectivity index (χ3v) is 4.81. The molecule has 1 aliphatic carbocycles. The van der Waals surface area contributed by atoms with Gasteiger partial charge < -0.3 is 15.7 Å². The molecule has 3 rings (SSSR count). The molecule has 1 amide bonds. The summed E-state index contributed by atoms with van der Waals surface area (Å²) in [6, 6.07) is 7.93. The van der Waals surface area contributed by atoms with Gasteiger partial charge in [-0.3, -0.25) is 4.79 Å². The van der Waals surface area contributed by atoms with Gasteiger partial charge in [0.2, 0.25) is 5.91 Å². The van der Waals surface area contributed by atoms with E-state index in [-0.39, 0.29) is 11.8 Å². The normalized spacial score (nSPS) is 31.3. The van der Waals surface area contributed by atoms with Gasteiger partial charge in [-0.15, -0.1) is 0 Å². The fraction of sp³-hybridized carbons (Fsp3) is 0.588. The van der Waals surface area contributed by atoms with Crippen LogP contribution in [0.4, 0.5) is 5.69 Å². The van der Waals surface area contributed by atoms with E-state index < -0.39 is 5.60 Å². The van der Waals surface area contributed by atoms with Gasteiger partial charge in [-0.25, -0.2) is 0 Å². The first kappa shape index (κ1) is 14.4. The van der Waals surface area contributed by atoms with Crippen LogP contribution in [0.5, 0.6) is 0 Å². The van der Waals surface area contributed by atoms with Crippen LogP contribution < -0.4 is 10.6 Å². The summed E-state index contributed by atoms with van der Waals surface area (Å²) in [5.41, 5.74) is 1.38. The molecule has 1 saturated carbocycles. The second-order valence-corrected chi connectivity index (χ2v) is 6.66. The Morgan fingerprint density at radius 1 is 1.48 bits per heavy atom. The number of amides is 1. The molecule has 0 aromatic heterocycles. The Hall–Kier alpha value is -1.55. The van der Waals surface area contributed by atoms with Crippen molar-refractivity contribution < 1.29 is 9.90 Å². The predicted molar refractivity (Wildman–Crippen MR) is 83.3 cm³/mol. The molecule has 1 aliphatic heterocycles. The average Bonchev–Trinajstić information content (AvgIpc) is 2.89. The molecular weight excluding hydrogens is 264 g/mol. The van der Waals surface area contributed by atoms with E-state index in [9.17, 15) is 9.90 Å². The molecule has 1 aromatic rings. The lowest BCUT2D eigenvalue weighted by atomic mass is 9.79. The summed E-state index contributed by atoms with van der Waals surface area (Å²) in [6.45, 7) is 3.18. The lowest BCUT2D eigenvalue weighted by Gasteiger charge is -2.35. The molecule has 0 saturated heterocycles. The van der Waals surface area contributed by atoms with Crippen molar-refractivity contribution in [3.63, 3.8) is 0 Å². The van der Waals surface area contributed by atoms with Gasteiger partial charge in [0.1, 0.15) is 0 Å². The maximum atomic E-state index is 12.4. The van der Waals surface area contributed by atoms with Crippen LogP contribution in [-0.2, 0) is 4.79 Å². The average molecular weight is 288 g/mol. The van der Waals surface area contributed by atoms with Crippen LogP contribution in [0.2, 0.25) is 0 Å². The first-order valence-electron chi connectivity index (χ1n) is 7.90. The van der Waals surface area contributed by atoms with E-state index in [1.54, 1.807) is 0 Å². The fourth-order valence-corrected chi connectivity index (χ4v) is 3.69. The van der Waals surface area contributed by atoms with Crippen LogP contribution in [0.1, 0.15) is 44.1 Å². The maximum absolute atomic E-state index is 12.4. The van der Waals surface area contributed by atoms with Gasteiger partial charge in [-0.2, -0.15) is 0 Å². The SMILES string of the molecule is CC1CCCC(O)(CNC(=O)C2CNc3ccccc32)C1. The van der Waals surface area contributed by atoms with Gasteiger partial charge in [0.05, 0.1) is 11.5 Å². The van der Waals surface area contributed by atoms with Crippen molar-refractivity contribution in [3.05, 3.63) is 29.8 Å². The highest BCUT2D eigenvalue weighted by atomic mass is 16.3. The number of hydrogen-bond acceptors (Lipinski definition) is 3. The minimum atomic E-state index is -0.723. The number of fused-ring (bicyclic) bond motifs is 1. The number of hydrogen-bond donors (Lipinski definition) is 3. The van der Waals surface area contributed by atoms with Gasteiger partial charge in [0, 0.05) is 18.8 Å². The third-order valence-electron chi connectivity index (χ3n) is 4.81. The Bertz CT molecular complexity index is 531. The number of nitrogens with one attached hydrogen (secondary N) is 2. The molecule has 3 N–H and O–H groups in total. The number of para-hydroxylation sites is 1. The van der Waals surface area contributed by atoms with Gasteiger partial charge in [0.25, 0.3) is 0 Å². The van der Waals surface area contributed by atoms with Crippen molar-refractivity contribution >= 4 is 11.6 Å². The second kappa shape index (κ2) is 5.68. The number of anilines is 1. The number of benzene rings is 1. The largest absolute Gasteiger partial charge is 0.388 e. The first-order chi connectivity index (χ1) is 10.1. The van der Waals surface area contributed by atoms with E-state index in [2.05, 4.69) is 17.6 Å². The molecule has 114 valence electrons. The molecule has 0 radical (unpaired) electrons. The van der Waals surface area contributed by atoms with Crippen LogP contribution in [0.3, 0.4) is 0 Å². The maximum Gasteiger partial charge on any atom is 0.229 e. The van der Waals surface area contributed by atoms with Crippen molar-refractivity contribution in [2.45, 2.75) is 44.1 Å². The third kappa shape index (κ3) is 3.05. The summed E-state index contributed by atoms with van der Waals surface area (Å²) >= 11 is 0. The van der Waals surface area contributed by atoms with Gasteiger partial charge >= 0.3 is 0 Å². The molecular formula is C17H24N2O2. The van der Waals surface area contributed by atoms with E-state index in [4.69, 9.17) is 0 Å². The van der Waals surface area contributed by atoms with Crippen LogP contribution in [0, 0.1) is 5.92 Å². The van der Waals surface area contributed by atoms with Crippen LogP contribution in [-0.4, -0.2) is 29.7 Å². The van der Waals surface area contributed by atoms with E-state index >= 15 is 0 Å². The predicted octanol–water partition coefficient (Wildman–Crippen LogP) is 2.25. The Morgan fingerprint density at radius 2 is 2.29 bits per heavy atom. The molecule has 1 fully saturated rings. The van der Waals surface area contributed by atoms with Crippen molar-refractivity contribution in [1.29, 1.82) is 0 Å². The monoisotopic (exact) mass is 288 g/mol. The summed E-state index contributed by atoms with van der Waals surface area (Å²) in [4.78, 5) is 12.4. The molecule has 21 heavy (non-hydrogen) atoms. The van der Waals surface area contributed by atoms with Crippen LogP contribution in [0.25, 0.3) is 0 Å². The molecule has 3 unspecified atom stereocenters. The minimum absolute atomic E-state index is 0.0131. The summed E-state index contributed by atoms with van der Waals surface area (Å²) < 4.78 is 0. The number of carbonyl (C=O) groups excluding carboxylic acids is 1. The Morgan fingerprint density at radius 3 is 3.10 bits per heavy atom. The van der Waals surface area contributed by atoms with E-state index in [1.807, 2.05) is 24.3 Å². The molecule has 1 heterocycles. The zero-order valence-electron chi connectivity index (χ0n) is 12.6. The van der Waals surface area contributed by atoms with E-state index in [0.29, 0.717) is 19.0 Å². The minimum Gasteiger partial charge on any atom is -0.388 e. The van der Waals surface area contributed by atoms with Crippen molar-refractivity contribution in [3.8, 4) is 0 Å². The number of carbonyl (C=O) groups is 1. The molecule has 1 aromatic carbocycles. The second-order valence-electron chi connectivity index (χ2n) is 6.66. The zero-order chi connectivity index (χ0) is 14.9. The summed E-state index contributed by atoms with van der Waals surface area (Å²) in [5, 5.41) is 16.8. The number of aliphatic hydroxyl groups is 1. The highest BCUT2D eigenvalue weighted by Gasteiger charge is 2.34. The van der Waals surface area contributed by atoms with Crippen molar-refractivity contribution in [2.24, 2.45) is 5.92 Å². The van der Waals surface area contributed by atoms with Crippen molar-refractivity contribution in [2.75, 3.05) is 18.4 Å². The standard InChI is InChI=1S/C17H24N2O2/c1-12-5-4-8-17(21,9-12)11-19-16(20)14-10-18-15-7-3-2-6-13(14)15/h2-3,6-7,12,14,18,21H,4-5,8-11H2,1H3,(H,19,20). The summed E-state index contributed by atoms with van der Waals surface area (Å²) in [6.07, 6.45) is 3.79. The van der Waals surface area contributed by atoms with E-state index in [1.165, 1.54) is 6.42 Å². The molecule has 2 aliphatic rings. The fourth-order valence-electron chi connectivity index (χ4n) is 3.69. The smallest absolute Gasteiger partial charge is 0.229 e. The Kier molecular flexibility index (Phi) is 3.89. The quantitative estimate of drug-likeness (QED) is 0.799. The Labute approximate surface area is 125 Å². The van der Waals surface area contributed by atoms with Gasteiger partial charge in [-0.05, 0) is 30.4 Å². The first-order valence-corrected chi connectivity index (χ1v) is 7.90. The van der Waals surface area contributed by atoms with Crippen LogP contribution >= 0.6 is 0 Å². The highest BCUT2D eigenvalue weighted by molar-refractivity contribution is 5.88. The molecule has 0 bridgehead atoms. The van der Waals surface area contributed by atoms with Gasteiger partial charge in [0.15, 0.2) is 0 Å². The Balaban J connectivity index is 1.60. The zero-order valence-corrected chi connectivity index (χ0v) is 12.6. The molecule has 4 nitrogen and oxygen atoms in total. The van der Waals surface area contributed by atoms with Gasteiger partial charge in [-0.1, -0.05) is 38.0 Å². The molecule has 3 atom stereocenters. The van der Waals surface area contributed by atoms with Crippen molar-refractivity contribution in [1.82, 2.24) is 5.32 Å². The number of rotatable bonds is 3. The topological polar surface area (TPSA) is 61.4 Å². The molecule has 4 heteroatoms. The lowest BCUT2D eigenvalue weighted by Crippen LogP contribution is -2.47.